The summed E-state index contributed by atoms with van der Waals surface area (Å²) in [5.74, 6) is 0.859. The fraction of sp³-hybridized carbons (Fsp3) is 0.462. The number of furan rings is 1. The Morgan fingerprint density at radius 2 is 2.22 bits per heavy atom. The van der Waals surface area contributed by atoms with Crippen molar-refractivity contribution in [3.63, 3.8) is 0 Å². The highest BCUT2D eigenvalue weighted by atomic mass is 16.5. The Bertz CT molecular complexity index is 470. The van der Waals surface area contributed by atoms with Crippen molar-refractivity contribution in [2.45, 2.75) is 6.42 Å². The van der Waals surface area contributed by atoms with Crippen LogP contribution >= 0.6 is 0 Å². The Labute approximate surface area is 106 Å². The van der Waals surface area contributed by atoms with Gasteiger partial charge in [-0.3, -0.25) is 0 Å². The van der Waals surface area contributed by atoms with Gasteiger partial charge in [0.15, 0.2) is 0 Å². The van der Waals surface area contributed by atoms with E-state index < -0.39 is 0 Å². The standard InChI is InChI=1S/C13H18N2O3/c1-16-9-10-17-7-2-5-14-13-11-4-8-18-12(11)3-6-15-13/h3-4,6,8H,2,5,7,9-10H2,1H3,(H,14,15). The van der Waals surface area contributed by atoms with Gasteiger partial charge >= 0.3 is 0 Å². The molecule has 18 heavy (non-hydrogen) atoms. The lowest BCUT2D eigenvalue weighted by molar-refractivity contribution is 0.0705. The van der Waals surface area contributed by atoms with Gasteiger partial charge in [0.05, 0.1) is 24.9 Å². The van der Waals surface area contributed by atoms with Crippen LogP contribution in [0.3, 0.4) is 0 Å². The van der Waals surface area contributed by atoms with Crippen LogP contribution in [-0.4, -0.2) is 38.5 Å². The Balaban J connectivity index is 1.72. The van der Waals surface area contributed by atoms with E-state index in [1.54, 1.807) is 19.6 Å². The number of anilines is 1. The summed E-state index contributed by atoms with van der Waals surface area (Å²) in [6.45, 7) is 2.83. The Morgan fingerprint density at radius 3 is 3.11 bits per heavy atom. The van der Waals surface area contributed by atoms with Crippen LogP contribution < -0.4 is 5.32 Å². The van der Waals surface area contributed by atoms with Crippen molar-refractivity contribution in [1.29, 1.82) is 0 Å². The number of aromatic nitrogens is 1. The lowest BCUT2D eigenvalue weighted by Crippen LogP contribution is -2.09. The average molecular weight is 250 g/mol. The van der Waals surface area contributed by atoms with E-state index >= 15 is 0 Å². The molecule has 2 heterocycles. The van der Waals surface area contributed by atoms with E-state index in [-0.39, 0.29) is 0 Å². The number of methoxy groups -OCH3 is 1. The smallest absolute Gasteiger partial charge is 0.139 e. The van der Waals surface area contributed by atoms with E-state index in [1.165, 1.54) is 0 Å². The number of rotatable bonds is 8. The second-order valence-corrected chi connectivity index (χ2v) is 3.88. The number of ether oxygens (including phenoxy) is 2. The van der Waals surface area contributed by atoms with Gasteiger partial charge in [-0.05, 0) is 18.6 Å². The molecule has 0 fully saturated rings. The molecular weight excluding hydrogens is 232 g/mol. The van der Waals surface area contributed by atoms with E-state index in [0.29, 0.717) is 13.2 Å². The van der Waals surface area contributed by atoms with Gasteiger partial charge < -0.3 is 19.2 Å². The summed E-state index contributed by atoms with van der Waals surface area (Å²) < 4.78 is 15.6. The summed E-state index contributed by atoms with van der Waals surface area (Å²) in [4.78, 5) is 4.29. The van der Waals surface area contributed by atoms with E-state index in [1.807, 2.05) is 12.1 Å². The summed E-state index contributed by atoms with van der Waals surface area (Å²) in [5, 5.41) is 4.29. The molecule has 2 rings (SSSR count). The molecule has 0 unspecified atom stereocenters. The molecule has 2 aromatic heterocycles. The third kappa shape index (κ3) is 3.45. The van der Waals surface area contributed by atoms with Crippen LogP contribution in [0.4, 0.5) is 5.82 Å². The molecular formula is C13H18N2O3. The topological polar surface area (TPSA) is 56.5 Å². The summed E-state index contributed by atoms with van der Waals surface area (Å²) in [5.41, 5.74) is 0.851. The molecule has 5 nitrogen and oxygen atoms in total. The second-order valence-electron chi connectivity index (χ2n) is 3.88. The van der Waals surface area contributed by atoms with Crippen LogP contribution in [0.2, 0.25) is 0 Å². The molecule has 0 aliphatic heterocycles. The van der Waals surface area contributed by atoms with Crippen molar-refractivity contribution >= 4 is 16.8 Å². The maximum Gasteiger partial charge on any atom is 0.139 e. The highest BCUT2D eigenvalue weighted by Crippen LogP contribution is 2.21. The van der Waals surface area contributed by atoms with Crippen molar-refractivity contribution in [2.24, 2.45) is 0 Å². The molecule has 0 amide bonds. The molecule has 0 aliphatic carbocycles. The first kappa shape index (κ1) is 12.9. The van der Waals surface area contributed by atoms with Gasteiger partial charge in [0.1, 0.15) is 11.4 Å². The van der Waals surface area contributed by atoms with Crippen LogP contribution in [-0.2, 0) is 9.47 Å². The molecule has 0 aromatic carbocycles. The summed E-state index contributed by atoms with van der Waals surface area (Å²) in [7, 11) is 1.67. The van der Waals surface area contributed by atoms with Crippen LogP contribution in [0.1, 0.15) is 6.42 Å². The van der Waals surface area contributed by atoms with Crippen molar-refractivity contribution in [3.05, 3.63) is 24.6 Å². The van der Waals surface area contributed by atoms with Crippen molar-refractivity contribution < 1.29 is 13.9 Å². The third-order valence-corrected chi connectivity index (χ3v) is 2.57. The maximum absolute atomic E-state index is 5.38. The Kier molecular flexibility index (Phi) is 4.99. The first-order valence-corrected chi connectivity index (χ1v) is 6.04. The Morgan fingerprint density at radius 1 is 1.28 bits per heavy atom. The van der Waals surface area contributed by atoms with Crippen LogP contribution in [0.5, 0.6) is 0 Å². The monoisotopic (exact) mass is 250 g/mol. The first-order chi connectivity index (χ1) is 8.92. The highest BCUT2D eigenvalue weighted by molar-refractivity contribution is 5.87. The van der Waals surface area contributed by atoms with Crippen molar-refractivity contribution in [2.75, 3.05) is 38.8 Å². The zero-order valence-electron chi connectivity index (χ0n) is 10.5. The molecule has 0 atom stereocenters. The summed E-state index contributed by atoms with van der Waals surface area (Å²) in [6.07, 6.45) is 4.34. The van der Waals surface area contributed by atoms with Gasteiger partial charge in [0, 0.05) is 26.5 Å². The fourth-order valence-electron chi connectivity index (χ4n) is 1.66. The van der Waals surface area contributed by atoms with Gasteiger partial charge in [0.25, 0.3) is 0 Å². The average Bonchev–Trinajstić information content (AvgIpc) is 2.86. The van der Waals surface area contributed by atoms with Crippen LogP contribution in [0.25, 0.3) is 11.0 Å². The molecule has 1 N–H and O–H groups in total. The maximum atomic E-state index is 5.38. The van der Waals surface area contributed by atoms with Gasteiger partial charge in [-0.2, -0.15) is 0 Å². The normalized spacial score (nSPS) is 10.9. The molecule has 5 heteroatoms. The molecule has 98 valence electrons. The summed E-state index contributed by atoms with van der Waals surface area (Å²) >= 11 is 0. The highest BCUT2D eigenvalue weighted by Gasteiger charge is 2.03. The number of hydrogen-bond acceptors (Lipinski definition) is 5. The minimum absolute atomic E-state index is 0.642. The van der Waals surface area contributed by atoms with Crippen molar-refractivity contribution in [3.8, 4) is 0 Å². The minimum Gasteiger partial charge on any atom is -0.464 e. The first-order valence-electron chi connectivity index (χ1n) is 6.04. The third-order valence-electron chi connectivity index (χ3n) is 2.57. The lowest BCUT2D eigenvalue weighted by Gasteiger charge is -2.06. The predicted octanol–water partition coefficient (Wildman–Crippen LogP) is 2.29. The lowest BCUT2D eigenvalue weighted by atomic mass is 10.3. The number of fused-ring (bicyclic) bond motifs is 1. The van der Waals surface area contributed by atoms with E-state index in [9.17, 15) is 0 Å². The second kappa shape index (κ2) is 6.98. The molecule has 0 saturated carbocycles. The zero-order valence-corrected chi connectivity index (χ0v) is 10.5. The van der Waals surface area contributed by atoms with Crippen molar-refractivity contribution in [1.82, 2.24) is 4.98 Å². The SMILES string of the molecule is COCCOCCCNc1nccc2occc12. The van der Waals surface area contributed by atoms with Gasteiger partial charge in [-0.1, -0.05) is 0 Å². The van der Waals surface area contributed by atoms with E-state index in [4.69, 9.17) is 13.9 Å². The molecule has 0 radical (unpaired) electrons. The number of nitrogens with zero attached hydrogens (tertiary/aromatic N) is 1. The quantitative estimate of drug-likeness (QED) is 0.728. The minimum atomic E-state index is 0.642. The van der Waals surface area contributed by atoms with E-state index in [0.717, 1.165) is 36.4 Å². The molecule has 0 saturated heterocycles. The Hall–Kier alpha value is -1.59. The van der Waals surface area contributed by atoms with Gasteiger partial charge in [-0.25, -0.2) is 4.98 Å². The number of nitrogens with one attached hydrogen (secondary N) is 1. The summed E-state index contributed by atoms with van der Waals surface area (Å²) in [6, 6.07) is 3.77. The molecule has 0 aliphatic rings. The number of pyridine rings is 1. The van der Waals surface area contributed by atoms with Crippen LogP contribution in [0, 0.1) is 0 Å². The van der Waals surface area contributed by atoms with Gasteiger partial charge in [0.2, 0.25) is 0 Å². The molecule has 0 bridgehead atoms. The zero-order chi connectivity index (χ0) is 12.6. The predicted molar refractivity (Wildman–Crippen MR) is 69.8 cm³/mol. The largest absolute Gasteiger partial charge is 0.464 e. The molecule has 2 aromatic rings. The van der Waals surface area contributed by atoms with Crippen LogP contribution in [0.15, 0.2) is 29.0 Å². The molecule has 0 spiro atoms. The fourth-order valence-corrected chi connectivity index (χ4v) is 1.66. The van der Waals surface area contributed by atoms with E-state index in [2.05, 4.69) is 10.3 Å². The number of hydrogen-bond donors (Lipinski definition) is 1. The van der Waals surface area contributed by atoms with Gasteiger partial charge in [-0.15, -0.1) is 0 Å².